The molecule has 1 aliphatic rings. The Morgan fingerprint density at radius 3 is 2.68 bits per heavy atom. The fourth-order valence-corrected chi connectivity index (χ4v) is 2.53. The second-order valence-corrected chi connectivity index (χ2v) is 6.04. The molecule has 3 rings (SSSR count). The number of rotatable bonds is 1. The smallest absolute Gasteiger partial charge is 0.221 e. The maximum atomic E-state index is 4.68. The molecule has 5 heteroatoms. The third-order valence-electron chi connectivity index (χ3n) is 3.57. The molecule has 0 aliphatic carbocycles. The molecule has 0 saturated heterocycles. The lowest BCUT2D eigenvalue weighted by atomic mass is 9.84. The Hall–Kier alpha value is -1.91. The largest absolute Gasteiger partial charge is 0.354 e. The molecule has 0 aromatic carbocycles. The fraction of sp³-hybridized carbons (Fsp3) is 0.500. The molecule has 1 atom stereocenters. The first-order valence-electron chi connectivity index (χ1n) is 6.66. The number of fused-ring (bicyclic) bond motifs is 1. The molecule has 0 amide bonds. The van der Waals surface area contributed by atoms with Crippen molar-refractivity contribution in [2.45, 2.75) is 33.2 Å². The Morgan fingerprint density at radius 2 is 2.00 bits per heavy atom. The molecule has 3 heterocycles. The van der Waals surface area contributed by atoms with Gasteiger partial charge in [0.1, 0.15) is 0 Å². The lowest BCUT2D eigenvalue weighted by Crippen LogP contribution is -2.32. The van der Waals surface area contributed by atoms with Gasteiger partial charge in [-0.1, -0.05) is 20.8 Å². The zero-order valence-electron chi connectivity index (χ0n) is 11.6. The van der Waals surface area contributed by atoms with Crippen LogP contribution in [0, 0.1) is 5.41 Å². The summed E-state index contributed by atoms with van der Waals surface area (Å²) in [7, 11) is 0. The second kappa shape index (κ2) is 4.33. The highest BCUT2D eigenvalue weighted by atomic mass is 15.4. The van der Waals surface area contributed by atoms with Gasteiger partial charge in [-0.15, -0.1) is 5.10 Å². The minimum absolute atomic E-state index is 0.181. The first-order valence-corrected chi connectivity index (χ1v) is 6.66. The summed E-state index contributed by atoms with van der Waals surface area (Å²) in [6, 6.07) is 4.26. The van der Waals surface area contributed by atoms with E-state index in [2.05, 4.69) is 41.2 Å². The van der Waals surface area contributed by atoms with E-state index in [0.29, 0.717) is 6.04 Å². The third kappa shape index (κ3) is 2.20. The molecule has 1 unspecified atom stereocenters. The molecule has 1 aliphatic heterocycles. The summed E-state index contributed by atoms with van der Waals surface area (Å²) in [6.45, 7) is 7.71. The van der Waals surface area contributed by atoms with Crippen LogP contribution >= 0.6 is 0 Å². The van der Waals surface area contributed by atoms with Crippen LogP contribution in [0.15, 0.2) is 24.5 Å². The predicted molar refractivity (Wildman–Crippen MR) is 74.9 cm³/mol. The summed E-state index contributed by atoms with van der Waals surface area (Å²) in [4.78, 5) is 8.63. The van der Waals surface area contributed by atoms with E-state index in [1.807, 2.05) is 16.8 Å². The highest BCUT2D eigenvalue weighted by molar-refractivity contribution is 5.55. The van der Waals surface area contributed by atoms with E-state index in [1.54, 1.807) is 12.4 Å². The lowest BCUT2D eigenvalue weighted by Gasteiger charge is -2.34. The monoisotopic (exact) mass is 257 g/mol. The van der Waals surface area contributed by atoms with Crippen LogP contribution in [0.3, 0.4) is 0 Å². The highest BCUT2D eigenvalue weighted by Crippen LogP contribution is 2.37. The average molecular weight is 257 g/mol. The molecule has 0 saturated carbocycles. The summed E-state index contributed by atoms with van der Waals surface area (Å²) < 4.78 is 2.04. The molecule has 100 valence electrons. The van der Waals surface area contributed by atoms with Gasteiger partial charge in [-0.3, -0.25) is 4.98 Å². The van der Waals surface area contributed by atoms with Crippen LogP contribution in [0.5, 0.6) is 0 Å². The fourth-order valence-electron chi connectivity index (χ4n) is 2.53. The molecular weight excluding hydrogens is 238 g/mol. The van der Waals surface area contributed by atoms with Gasteiger partial charge in [0.25, 0.3) is 0 Å². The first-order chi connectivity index (χ1) is 9.05. The maximum Gasteiger partial charge on any atom is 0.221 e. The second-order valence-electron chi connectivity index (χ2n) is 6.04. The van der Waals surface area contributed by atoms with E-state index >= 15 is 0 Å². The summed E-state index contributed by atoms with van der Waals surface area (Å²) in [5.74, 6) is 1.64. The van der Waals surface area contributed by atoms with Crippen molar-refractivity contribution in [1.82, 2.24) is 19.7 Å². The van der Waals surface area contributed by atoms with E-state index in [-0.39, 0.29) is 5.41 Å². The van der Waals surface area contributed by atoms with Crippen molar-refractivity contribution in [2.24, 2.45) is 5.41 Å². The van der Waals surface area contributed by atoms with E-state index in [4.69, 9.17) is 0 Å². The van der Waals surface area contributed by atoms with Crippen LogP contribution in [0.1, 0.15) is 33.2 Å². The molecular formula is C14H19N5. The summed E-state index contributed by atoms with van der Waals surface area (Å²) in [6.07, 6.45) is 4.61. The number of hydrogen-bond donors (Lipinski definition) is 1. The number of hydrogen-bond acceptors (Lipinski definition) is 4. The normalized spacial score (nSPS) is 18.8. The number of anilines is 1. The van der Waals surface area contributed by atoms with E-state index in [9.17, 15) is 0 Å². The Bertz CT molecular complexity index is 567. The van der Waals surface area contributed by atoms with Crippen molar-refractivity contribution in [2.75, 3.05) is 11.9 Å². The molecule has 0 radical (unpaired) electrons. The van der Waals surface area contributed by atoms with Crippen LogP contribution in [0.4, 0.5) is 5.95 Å². The Labute approximate surface area is 113 Å². The van der Waals surface area contributed by atoms with Gasteiger partial charge < -0.3 is 5.32 Å². The number of nitrogens with one attached hydrogen (secondary N) is 1. The molecule has 5 nitrogen and oxygen atoms in total. The molecule has 19 heavy (non-hydrogen) atoms. The van der Waals surface area contributed by atoms with Crippen molar-refractivity contribution in [1.29, 1.82) is 0 Å². The van der Waals surface area contributed by atoms with Crippen molar-refractivity contribution in [3.8, 4) is 11.4 Å². The van der Waals surface area contributed by atoms with Crippen molar-refractivity contribution < 1.29 is 0 Å². The third-order valence-corrected chi connectivity index (χ3v) is 3.57. The summed E-state index contributed by atoms with van der Waals surface area (Å²) in [5.41, 5.74) is 1.19. The van der Waals surface area contributed by atoms with Crippen LogP contribution in [0.2, 0.25) is 0 Å². The van der Waals surface area contributed by atoms with E-state index in [0.717, 1.165) is 30.3 Å². The predicted octanol–water partition coefficient (Wildman–Crippen LogP) is 2.74. The van der Waals surface area contributed by atoms with E-state index < -0.39 is 0 Å². The standard InChI is InChI=1S/C14H19N5/c1-14(2,3)11-6-9-16-13-17-12(18-19(11)13)10-4-7-15-8-5-10/h4-5,7-8,11H,6,9H2,1-3H3,(H,16,17,18). The van der Waals surface area contributed by atoms with Crippen molar-refractivity contribution in [3.05, 3.63) is 24.5 Å². The van der Waals surface area contributed by atoms with Crippen molar-refractivity contribution in [3.63, 3.8) is 0 Å². The quantitative estimate of drug-likeness (QED) is 0.853. The Kier molecular flexibility index (Phi) is 2.77. The zero-order valence-corrected chi connectivity index (χ0v) is 11.6. The molecule has 2 aromatic heterocycles. The minimum Gasteiger partial charge on any atom is -0.354 e. The first kappa shape index (κ1) is 12.1. The van der Waals surface area contributed by atoms with Gasteiger partial charge in [0.05, 0.1) is 6.04 Å². The number of nitrogens with zero attached hydrogens (tertiary/aromatic N) is 4. The SMILES string of the molecule is CC(C)(C)C1CCNc2nc(-c3ccncc3)nn21. The Balaban J connectivity index is 2.03. The molecule has 1 N–H and O–H groups in total. The van der Waals surface area contributed by atoms with Crippen LogP contribution in [0.25, 0.3) is 11.4 Å². The summed E-state index contributed by atoms with van der Waals surface area (Å²) >= 11 is 0. The molecule has 0 spiro atoms. The van der Waals surface area contributed by atoms with E-state index in [1.165, 1.54) is 0 Å². The molecule has 0 bridgehead atoms. The van der Waals surface area contributed by atoms with Gasteiger partial charge in [-0.25, -0.2) is 4.68 Å². The van der Waals surface area contributed by atoms with Gasteiger partial charge in [0.2, 0.25) is 5.95 Å². The average Bonchev–Trinajstić information content (AvgIpc) is 2.82. The topological polar surface area (TPSA) is 55.6 Å². The zero-order chi connectivity index (χ0) is 13.5. The van der Waals surface area contributed by atoms with Gasteiger partial charge in [-0.2, -0.15) is 4.98 Å². The van der Waals surface area contributed by atoms with Gasteiger partial charge >= 0.3 is 0 Å². The number of pyridine rings is 1. The van der Waals surface area contributed by atoms with Gasteiger partial charge in [0.15, 0.2) is 5.82 Å². The van der Waals surface area contributed by atoms with Gasteiger partial charge in [-0.05, 0) is 24.0 Å². The highest BCUT2D eigenvalue weighted by Gasteiger charge is 2.32. The van der Waals surface area contributed by atoms with Crippen molar-refractivity contribution >= 4 is 5.95 Å². The van der Waals surface area contributed by atoms with Crippen LogP contribution in [-0.2, 0) is 0 Å². The maximum absolute atomic E-state index is 4.68. The molecule has 0 fully saturated rings. The Morgan fingerprint density at radius 1 is 1.26 bits per heavy atom. The lowest BCUT2D eigenvalue weighted by molar-refractivity contribution is 0.210. The minimum atomic E-state index is 0.181. The summed E-state index contributed by atoms with van der Waals surface area (Å²) in [5, 5.41) is 8.01. The van der Waals surface area contributed by atoms with Crippen LogP contribution in [-0.4, -0.2) is 26.3 Å². The molecule has 2 aromatic rings. The van der Waals surface area contributed by atoms with Gasteiger partial charge in [0, 0.05) is 24.5 Å². The number of aromatic nitrogens is 4. The van der Waals surface area contributed by atoms with Crippen LogP contribution < -0.4 is 5.32 Å².